The summed E-state index contributed by atoms with van der Waals surface area (Å²) in [4.78, 5) is 25.8. The van der Waals surface area contributed by atoms with E-state index in [4.69, 9.17) is 0 Å². The number of quaternary nitrogens is 1. The highest BCUT2D eigenvalue weighted by molar-refractivity contribution is 6.02. The standard InChI is InChI=1S/C25H28N6O2/c1-30-16-8-13-22(30)25(33)26-15-14-19(17-18-9-5-4-6-10-18)27-24(32)20-11-7-12-21-23(20)31(2,3)29-28-21/h4-13,16,19H,14-15,17H2,1-3H3,(H-,26,27,32,33)/p+1. The second-order valence-corrected chi connectivity index (χ2v) is 8.67. The minimum Gasteiger partial charge on any atom is -0.351 e. The summed E-state index contributed by atoms with van der Waals surface area (Å²) in [7, 11) is 5.63. The van der Waals surface area contributed by atoms with Crippen LogP contribution in [0.25, 0.3) is 0 Å². The van der Waals surface area contributed by atoms with Crippen LogP contribution in [0.1, 0.15) is 32.8 Å². The molecule has 2 amide bonds. The van der Waals surface area contributed by atoms with Gasteiger partial charge in [0.2, 0.25) is 5.69 Å². The quantitative estimate of drug-likeness (QED) is 0.517. The Kier molecular flexibility index (Phi) is 6.37. The Bertz CT molecular complexity index is 1180. The molecule has 2 heterocycles. The first-order valence-electron chi connectivity index (χ1n) is 11.0. The van der Waals surface area contributed by atoms with E-state index in [0.717, 1.165) is 11.3 Å². The number of aromatic nitrogens is 1. The van der Waals surface area contributed by atoms with E-state index in [1.54, 1.807) is 16.7 Å². The third kappa shape index (κ3) is 5.01. The van der Waals surface area contributed by atoms with Gasteiger partial charge in [-0.05, 0) is 42.7 Å². The lowest BCUT2D eigenvalue weighted by molar-refractivity contribution is 0.0931. The van der Waals surface area contributed by atoms with Gasteiger partial charge in [-0.3, -0.25) is 9.59 Å². The number of nitrogens with one attached hydrogen (secondary N) is 2. The predicted octanol–water partition coefficient (Wildman–Crippen LogP) is 3.77. The zero-order valence-electron chi connectivity index (χ0n) is 19.2. The smallest absolute Gasteiger partial charge is 0.267 e. The van der Waals surface area contributed by atoms with Crippen molar-refractivity contribution in [2.45, 2.75) is 18.9 Å². The van der Waals surface area contributed by atoms with Gasteiger partial charge in [-0.25, -0.2) is 0 Å². The zero-order chi connectivity index (χ0) is 23.4. The third-order valence-electron chi connectivity index (χ3n) is 5.80. The Labute approximate surface area is 193 Å². The van der Waals surface area contributed by atoms with E-state index in [2.05, 4.69) is 21.0 Å². The second-order valence-electron chi connectivity index (χ2n) is 8.67. The maximum Gasteiger partial charge on any atom is 0.267 e. The van der Waals surface area contributed by atoms with Gasteiger partial charge in [0.05, 0.1) is 14.1 Å². The van der Waals surface area contributed by atoms with E-state index in [0.29, 0.717) is 36.3 Å². The third-order valence-corrected chi connectivity index (χ3v) is 5.80. The summed E-state index contributed by atoms with van der Waals surface area (Å²) in [5.74, 6) is -0.296. The lowest BCUT2D eigenvalue weighted by Gasteiger charge is -2.22. The van der Waals surface area contributed by atoms with Gasteiger partial charge >= 0.3 is 0 Å². The molecule has 0 fully saturated rings. The van der Waals surface area contributed by atoms with E-state index in [9.17, 15) is 9.59 Å². The van der Waals surface area contributed by atoms with Gasteiger partial charge in [0, 0.05) is 31.1 Å². The summed E-state index contributed by atoms with van der Waals surface area (Å²) in [6, 6.07) is 19.0. The number of carbonyl (C=O) groups excluding carboxylic acids is 2. The largest absolute Gasteiger partial charge is 0.351 e. The molecule has 0 spiro atoms. The Morgan fingerprint density at radius 1 is 1.00 bits per heavy atom. The average molecular weight is 446 g/mol. The Morgan fingerprint density at radius 3 is 2.52 bits per heavy atom. The molecule has 1 aliphatic rings. The van der Waals surface area contributed by atoms with Crippen molar-refractivity contribution < 1.29 is 9.59 Å². The van der Waals surface area contributed by atoms with E-state index in [-0.39, 0.29) is 22.4 Å². The molecule has 4 rings (SSSR count). The minimum atomic E-state index is -0.167. The molecule has 1 atom stereocenters. The highest BCUT2D eigenvalue weighted by Crippen LogP contribution is 2.41. The molecule has 1 aromatic heterocycles. The van der Waals surface area contributed by atoms with Gasteiger partial charge in [0.1, 0.15) is 11.3 Å². The number of amides is 2. The van der Waals surface area contributed by atoms with Gasteiger partial charge < -0.3 is 15.2 Å². The summed E-state index contributed by atoms with van der Waals surface area (Å²) < 4.78 is 1.96. The molecule has 2 aromatic carbocycles. The number of hydrogen-bond donors (Lipinski definition) is 2. The van der Waals surface area contributed by atoms with Crippen LogP contribution in [0.5, 0.6) is 0 Å². The Hall–Kier alpha value is -3.78. The molecule has 170 valence electrons. The van der Waals surface area contributed by atoms with Crippen molar-refractivity contribution >= 4 is 23.2 Å². The van der Waals surface area contributed by atoms with Crippen molar-refractivity contribution in [1.82, 2.24) is 19.8 Å². The van der Waals surface area contributed by atoms with Crippen LogP contribution in [0.3, 0.4) is 0 Å². The fourth-order valence-corrected chi connectivity index (χ4v) is 4.11. The molecule has 0 aliphatic carbocycles. The summed E-state index contributed by atoms with van der Waals surface area (Å²) in [6.07, 6.45) is 3.09. The summed E-state index contributed by atoms with van der Waals surface area (Å²) in [5.41, 5.74) is 3.78. The SMILES string of the molecule is Cn1cccc1C(=O)NCCC(Cc1ccccc1)NC(=O)c1cccc2c1[N+](C)(C)N=N2. The number of hydrogen-bond acceptors (Lipinski definition) is 4. The molecule has 0 saturated carbocycles. The zero-order valence-corrected chi connectivity index (χ0v) is 19.2. The van der Waals surface area contributed by atoms with Crippen LogP contribution >= 0.6 is 0 Å². The van der Waals surface area contributed by atoms with Gasteiger partial charge in [0.15, 0.2) is 5.69 Å². The van der Waals surface area contributed by atoms with Crippen LogP contribution < -0.4 is 15.2 Å². The Balaban J connectivity index is 1.47. The summed E-state index contributed by atoms with van der Waals surface area (Å²) in [6.45, 7) is 0.445. The molecule has 8 nitrogen and oxygen atoms in total. The van der Waals surface area contributed by atoms with Crippen molar-refractivity contribution in [1.29, 1.82) is 0 Å². The van der Waals surface area contributed by atoms with Crippen LogP contribution in [0.2, 0.25) is 0 Å². The molecule has 3 aromatic rings. The van der Waals surface area contributed by atoms with Crippen molar-refractivity contribution in [3.05, 3.63) is 83.7 Å². The van der Waals surface area contributed by atoms with Crippen LogP contribution in [0.4, 0.5) is 11.4 Å². The van der Waals surface area contributed by atoms with E-state index in [1.807, 2.05) is 75.9 Å². The molecular weight excluding hydrogens is 416 g/mol. The number of para-hydroxylation sites is 1. The molecule has 1 unspecified atom stereocenters. The number of fused-ring (bicyclic) bond motifs is 1. The molecule has 8 heteroatoms. The van der Waals surface area contributed by atoms with Crippen molar-refractivity contribution in [2.75, 3.05) is 20.6 Å². The molecule has 1 aliphatic heterocycles. The van der Waals surface area contributed by atoms with Crippen LogP contribution in [0.15, 0.2) is 77.2 Å². The number of benzene rings is 2. The highest BCUT2D eigenvalue weighted by atomic mass is 16.2. The monoisotopic (exact) mass is 445 g/mol. The molecule has 0 saturated heterocycles. The lowest BCUT2D eigenvalue weighted by atomic mass is 10.0. The van der Waals surface area contributed by atoms with Crippen molar-refractivity contribution in [3.8, 4) is 0 Å². The van der Waals surface area contributed by atoms with Crippen molar-refractivity contribution in [3.63, 3.8) is 0 Å². The maximum absolute atomic E-state index is 13.3. The molecule has 33 heavy (non-hydrogen) atoms. The van der Waals surface area contributed by atoms with Crippen LogP contribution in [-0.2, 0) is 13.5 Å². The van der Waals surface area contributed by atoms with Gasteiger partial charge in [-0.1, -0.05) is 41.5 Å². The minimum absolute atomic E-state index is 0.129. The normalized spacial score (nSPS) is 14.5. The predicted molar refractivity (Wildman–Crippen MR) is 128 cm³/mol. The van der Waals surface area contributed by atoms with Crippen molar-refractivity contribution in [2.24, 2.45) is 17.4 Å². The molecule has 0 bridgehead atoms. The summed E-state index contributed by atoms with van der Waals surface area (Å²) in [5, 5.41) is 14.6. The highest BCUT2D eigenvalue weighted by Gasteiger charge is 2.35. The topological polar surface area (TPSA) is 87.9 Å². The first-order chi connectivity index (χ1) is 15.8. The number of rotatable bonds is 8. The Morgan fingerprint density at radius 2 is 1.79 bits per heavy atom. The maximum atomic E-state index is 13.3. The van der Waals surface area contributed by atoms with Gasteiger partial charge in [0.25, 0.3) is 11.8 Å². The number of nitrogens with zero attached hydrogens (tertiary/aromatic N) is 4. The molecule has 2 N–H and O–H groups in total. The fraction of sp³-hybridized carbons (Fsp3) is 0.280. The van der Waals surface area contributed by atoms with E-state index in [1.165, 1.54) is 0 Å². The van der Waals surface area contributed by atoms with Gasteiger partial charge in [-0.2, -0.15) is 0 Å². The first kappa shape index (κ1) is 22.4. The fourth-order valence-electron chi connectivity index (χ4n) is 4.11. The number of carbonyl (C=O) groups is 2. The van der Waals surface area contributed by atoms with E-state index < -0.39 is 0 Å². The molecular formula is C25H29N6O2+. The summed E-state index contributed by atoms with van der Waals surface area (Å²) >= 11 is 0. The van der Waals surface area contributed by atoms with Gasteiger partial charge in [-0.15, -0.1) is 4.59 Å². The first-order valence-corrected chi connectivity index (χ1v) is 11.0. The lowest BCUT2D eigenvalue weighted by Crippen LogP contribution is -2.41. The van der Waals surface area contributed by atoms with Crippen LogP contribution in [-0.4, -0.2) is 43.1 Å². The second kappa shape index (κ2) is 9.38. The van der Waals surface area contributed by atoms with E-state index >= 15 is 0 Å². The van der Waals surface area contributed by atoms with Crippen LogP contribution in [0, 0.1) is 0 Å². The number of aryl methyl sites for hydroxylation is 1. The molecule has 0 radical (unpaired) electrons. The average Bonchev–Trinajstić information content (AvgIpc) is 3.37.